The summed E-state index contributed by atoms with van der Waals surface area (Å²) in [5.41, 5.74) is 0.889. The van der Waals surface area contributed by atoms with Gasteiger partial charge >= 0.3 is 0 Å². The lowest BCUT2D eigenvalue weighted by Gasteiger charge is -2.00. The van der Waals surface area contributed by atoms with Crippen LogP contribution in [0.3, 0.4) is 0 Å². The first kappa shape index (κ1) is 11.9. The van der Waals surface area contributed by atoms with Gasteiger partial charge in [-0.05, 0) is 18.2 Å². The van der Waals surface area contributed by atoms with E-state index in [4.69, 9.17) is 0 Å². The Morgan fingerprint density at radius 1 is 1.47 bits per heavy atom. The van der Waals surface area contributed by atoms with Crippen molar-refractivity contribution in [1.82, 2.24) is 15.0 Å². The Morgan fingerprint density at radius 2 is 2.24 bits per heavy atom. The zero-order chi connectivity index (χ0) is 12.4. The fourth-order valence-electron chi connectivity index (χ4n) is 1.46. The van der Waals surface area contributed by atoms with Gasteiger partial charge in [0.15, 0.2) is 5.78 Å². The molecule has 0 saturated carbocycles. The molecule has 0 amide bonds. The molecule has 2 rings (SSSR count). The number of hydrogen-bond donors (Lipinski definition) is 0. The smallest absolute Gasteiger partial charge is 0.169 e. The lowest BCUT2D eigenvalue weighted by Crippen LogP contribution is -2.04. The maximum atomic E-state index is 13.1. The fourth-order valence-corrected chi connectivity index (χ4v) is 1.92. The van der Waals surface area contributed by atoms with Gasteiger partial charge in [-0.25, -0.2) is 4.39 Å². The first-order valence-electron chi connectivity index (χ1n) is 4.89. The lowest BCUT2D eigenvalue weighted by molar-refractivity contribution is 0.0991. The summed E-state index contributed by atoms with van der Waals surface area (Å²) in [7, 11) is 1.72. The van der Waals surface area contributed by atoms with Gasteiger partial charge in [-0.15, -0.1) is 5.10 Å². The van der Waals surface area contributed by atoms with E-state index in [1.54, 1.807) is 19.3 Å². The minimum absolute atomic E-state index is 0.115. The number of halogens is 2. The molecule has 6 heteroatoms. The van der Waals surface area contributed by atoms with E-state index in [0.717, 1.165) is 0 Å². The molecule has 0 aliphatic heterocycles. The Kier molecular flexibility index (Phi) is 3.33. The van der Waals surface area contributed by atoms with E-state index in [-0.39, 0.29) is 12.2 Å². The molecule has 0 N–H and O–H groups in total. The maximum absolute atomic E-state index is 13.1. The van der Waals surface area contributed by atoms with E-state index in [9.17, 15) is 9.18 Å². The summed E-state index contributed by atoms with van der Waals surface area (Å²) in [6, 6.07) is 4.10. The normalized spacial score (nSPS) is 10.5. The van der Waals surface area contributed by atoms with Gasteiger partial charge in [0.05, 0.1) is 12.1 Å². The molecule has 0 spiro atoms. The van der Waals surface area contributed by atoms with Crippen LogP contribution in [-0.4, -0.2) is 20.8 Å². The summed E-state index contributed by atoms with van der Waals surface area (Å²) in [5.74, 6) is -0.632. The number of carbonyl (C=O) groups is 1. The number of carbonyl (C=O) groups excluding carboxylic acids is 1. The third-order valence-electron chi connectivity index (χ3n) is 2.18. The topological polar surface area (TPSA) is 47.8 Å². The Hall–Kier alpha value is -1.56. The summed E-state index contributed by atoms with van der Waals surface area (Å²) < 4.78 is 15.2. The highest BCUT2D eigenvalue weighted by Crippen LogP contribution is 2.16. The number of Topliss-reactive ketones (excluding diaryl/α,β-unsaturated/α-hetero) is 1. The Labute approximate surface area is 106 Å². The molecule has 0 bridgehead atoms. The molecule has 0 saturated heterocycles. The van der Waals surface area contributed by atoms with E-state index in [1.165, 1.54) is 16.8 Å². The quantitative estimate of drug-likeness (QED) is 0.816. The number of rotatable bonds is 3. The molecule has 4 nitrogen and oxygen atoms in total. The molecule has 88 valence electrons. The van der Waals surface area contributed by atoms with Crippen LogP contribution in [0.2, 0.25) is 0 Å². The Bertz CT molecular complexity index is 547. The van der Waals surface area contributed by atoms with Crippen LogP contribution in [0.5, 0.6) is 0 Å². The minimum atomic E-state index is -0.443. The van der Waals surface area contributed by atoms with Crippen molar-refractivity contribution in [3.63, 3.8) is 0 Å². The zero-order valence-electron chi connectivity index (χ0n) is 9.02. The lowest BCUT2D eigenvalue weighted by atomic mass is 10.1. The second kappa shape index (κ2) is 4.75. The van der Waals surface area contributed by atoms with E-state index < -0.39 is 5.82 Å². The highest BCUT2D eigenvalue weighted by molar-refractivity contribution is 9.10. The molecule has 0 radical (unpaired) electrons. The number of benzene rings is 1. The van der Waals surface area contributed by atoms with Crippen LogP contribution in [0.15, 0.2) is 28.9 Å². The van der Waals surface area contributed by atoms with Gasteiger partial charge in [-0.2, -0.15) is 0 Å². The highest BCUT2D eigenvalue weighted by Gasteiger charge is 2.11. The SMILES string of the molecule is Cn1cc(CC(=O)c2cc(F)cc(Br)c2)nn1. The van der Waals surface area contributed by atoms with Crippen molar-refractivity contribution in [2.45, 2.75) is 6.42 Å². The molecular weight excluding hydrogens is 289 g/mol. The van der Waals surface area contributed by atoms with E-state index in [0.29, 0.717) is 15.7 Å². The summed E-state index contributed by atoms with van der Waals surface area (Å²) in [6.07, 6.45) is 1.77. The molecule has 0 aliphatic carbocycles. The number of hydrogen-bond acceptors (Lipinski definition) is 3. The third kappa shape index (κ3) is 2.97. The van der Waals surface area contributed by atoms with Crippen LogP contribution < -0.4 is 0 Å². The summed E-state index contributed by atoms with van der Waals surface area (Å²) in [4.78, 5) is 11.9. The van der Waals surface area contributed by atoms with Crippen molar-refractivity contribution in [2.75, 3.05) is 0 Å². The molecule has 1 aromatic heterocycles. The van der Waals surface area contributed by atoms with Crippen molar-refractivity contribution in [3.05, 3.63) is 45.9 Å². The van der Waals surface area contributed by atoms with Crippen LogP contribution >= 0.6 is 15.9 Å². The predicted octanol–water partition coefficient (Wildman–Crippen LogP) is 2.14. The van der Waals surface area contributed by atoms with Gasteiger partial charge in [-0.1, -0.05) is 21.1 Å². The highest BCUT2D eigenvalue weighted by atomic mass is 79.9. The van der Waals surface area contributed by atoms with E-state index >= 15 is 0 Å². The van der Waals surface area contributed by atoms with Crippen molar-refractivity contribution < 1.29 is 9.18 Å². The van der Waals surface area contributed by atoms with Gasteiger partial charge in [0.25, 0.3) is 0 Å². The van der Waals surface area contributed by atoms with E-state index in [1.807, 2.05) is 0 Å². The van der Waals surface area contributed by atoms with E-state index in [2.05, 4.69) is 26.2 Å². The molecule has 2 aromatic rings. The van der Waals surface area contributed by atoms with Crippen molar-refractivity contribution >= 4 is 21.7 Å². The van der Waals surface area contributed by atoms with Gasteiger partial charge in [0.2, 0.25) is 0 Å². The Balaban J connectivity index is 2.19. The second-order valence-corrected chi connectivity index (χ2v) is 4.56. The molecule has 0 atom stereocenters. The average Bonchev–Trinajstić information content (AvgIpc) is 2.62. The van der Waals surface area contributed by atoms with Crippen molar-refractivity contribution in [2.24, 2.45) is 7.05 Å². The van der Waals surface area contributed by atoms with Gasteiger partial charge < -0.3 is 0 Å². The van der Waals surface area contributed by atoms with Crippen LogP contribution in [0.25, 0.3) is 0 Å². The largest absolute Gasteiger partial charge is 0.294 e. The Morgan fingerprint density at radius 3 is 2.82 bits per heavy atom. The molecule has 1 aromatic carbocycles. The first-order chi connectivity index (χ1) is 8.04. The monoisotopic (exact) mass is 297 g/mol. The third-order valence-corrected chi connectivity index (χ3v) is 2.63. The molecule has 0 unspecified atom stereocenters. The second-order valence-electron chi connectivity index (χ2n) is 3.64. The number of ketones is 1. The molecular formula is C11H9BrFN3O. The van der Waals surface area contributed by atoms with Gasteiger partial charge in [0, 0.05) is 23.3 Å². The zero-order valence-corrected chi connectivity index (χ0v) is 10.6. The van der Waals surface area contributed by atoms with Crippen LogP contribution in [0.4, 0.5) is 4.39 Å². The number of nitrogens with zero attached hydrogens (tertiary/aromatic N) is 3. The maximum Gasteiger partial charge on any atom is 0.169 e. The van der Waals surface area contributed by atoms with Crippen LogP contribution in [0.1, 0.15) is 16.1 Å². The molecule has 0 fully saturated rings. The number of aromatic nitrogens is 3. The van der Waals surface area contributed by atoms with Crippen molar-refractivity contribution in [1.29, 1.82) is 0 Å². The van der Waals surface area contributed by atoms with Gasteiger partial charge in [-0.3, -0.25) is 9.48 Å². The van der Waals surface area contributed by atoms with Crippen LogP contribution in [-0.2, 0) is 13.5 Å². The average molecular weight is 298 g/mol. The number of aryl methyl sites for hydroxylation is 1. The first-order valence-corrected chi connectivity index (χ1v) is 5.68. The molecule has 0 aliphatic rings. The summed E-state index contributed by atoms with van der Waals surface area (Å²) in [6.45, 7) is 0. The van der Waals surface area contributed by atoms with Gasteiger partial charge in [0.1, 0.15) is 5.82 Å². The molecule has 17 heavy (non-hydrogen) atoms. The van der Waals surface area contributed by atoms with Crippen LogP contribution in [0, 0.1) is 5.82 Å². The fraction of sp³-hybridized carbons (Fsp3) is 0.182. The summed E-state index contributed by atoms with van der Waals surface area (Å²) in [5, 5.41) is 7.54. The standard InChI is InChI=1S/C11H9BrFN3O/c1-16-6-10(14-15-16)5-11(17)7-2-8(12)4-9(13)3-7/h2-4,6H,5H2,1H3. The molecule has 1 heterocycles. The summed E-state index contributed by atoms with van der Waals surface area (Å²) >= 11 is 3.15. The van der Waals surface area contributed by atoms with Crippen molar-refractivity contribution in [3.8, 4) is 0 Å². The minimum Gasteiger partial charge on any atom is -0.294 e. The predicted molar refractivity (Wildman–Crippen MR) is 63.1 cm³/mol.